The van der Waals surface area contributed by atoms with Crippen LogP contribution in [0.25, 0.3) is 0 Å². The summed E-state index contributed by atoms with van der Waals surface area (Å²) >= 11 is 0. The van der Waals surface area contributed by atoms with Crippen LogP contribution in [0.2, 0.25) is 0 Å². The first-order valence-electron chi connectivity index (χ1n) is 7.51. The monoisotopic (exact) mass is 277 g/mol. The maximum absolute atomic E-state index is 12.2. The number of likely N-dealkylation sites (tertiary alicyclic amines) is 1. The highest BCUT2D eigenvalue weighted by Gasteiger charge is 2.22. The molecule has 2 rings (SSSR count). The van der Waals surface area contributed by atoms with Gasteiger partial charge in [-0.15, -0.1) is 0 Å². The number of ether oxygens (including phenoxy) is 1. The molecule has 20 heavy (non-hydrogen) atoms. The van der Waals surface area contributed by atoms with Crippen LogP contribution in [-0.2, 0) is 0 Å². The molecule has 1 saturated heterocycles. The van der Waals surface area contributed by atoms with E-state index in [1.54, 1.807) is 12.0 Å². The van der Waals surface area contributed by atoms with Gasteiger partial charge in [-0.25, -0.2) is 0 Å². The third-order valence-electron chi connectivity index (χ3n) is 3.98. The van der Waals surface area contributed by atoms with Gasteiger partial charge in [-0.2, -0.15) is 0 Å². The van der Waals surface area contributed by atoms with Gasteiger partial charge in [0.05, 0.1) is 26.7 Å². The van der Waals surface area contributed by atoms with Gasteiger partial charge in [0.2, 0.25) is 0 Å². The third kappa shape index (κ3) is 3.97. The van der Waals surface area contributed by atoms with Crippen LogP contribution in [0.1, 0.15) is 36.5 Å². The zero-order valence-electron chi connectivity index (χ0n) is 12.4. The van der Waals surface area contributed by atoms with E-state index in [9.17, 15) is 4.79 Å². The van der Waals surface area contributed by atoms with Crippen LogP contribution in [0, 0.1) is 0 Å². The summed E-state index contributed by atoms with van der Waals surface area (Å²) in [4.78, 5) is 13.8. The predicted molar refractivity (Wildman–Crippen MR) is 79.3 cm³/mol. The lowest BCUT2D eigenvalue weighted by Gasteiger charge is -2.29. The molecular weight excluding hydrogens is 252 g/mol. The minimum absolute atomic E-state index is 0.0246. The summed E-state index contributed by atoms with van der Waals surface area (Å²) in [6, 6.07) is 7.59. The second-order valence-electron chi connectivity index (χ2n) is 5.48. The first-order chi connectivity index (χ1) is 9.72. The molecule has 2 N–H and O–H groups in total. The molecule has 4 heteroatoms. The van der Waals surface area contributed by atoms with Gasteiger partial charge in [0.1, 0.15) is 5.75 Å². The standard InChI is InChI=1S/C16H24N2O2/c1-3-10-18-11-8-14(9-12-18)17-16(19)13-4-6-15(20-2)7-5-13/h4-7,14H,3,8-12H2,1-2H3,(H,17,19)/p+1. The SMILES string of the molecule is CCC[NH+]1CCC(NC(=O)c2ccc(OC)cc2)CC1. The van der Waals surface area contributed by atoms with E-state index >= 15 is 0 Å². The smallest absolute Gasteiger partial charge is 0.251 e. The first kappa shape index (κ1) is 14.9. The van der Waals surface area contributed by atoms with Gasteiger partial charge in [-0.3, -0.25) is 4.79 Å². The number of benzene rings is 1. The van der Waals surface area contributed by atoms with Gasteiger partial charge in [-0.05, 0) is 30.7 Å². The van der Waals surface area contributed by atoms with E-state index in [-0.39, 0.29) is 5.91 Å². The molecule has 110 valence electrons. The van der Waals surface area contributed by atoms with Crippen molar-refractivity contribution in [3.05, 3.63) is 29.8 Å². The lowest BCUT2D eigenvalue weighted by molar-refractivity contribution is -0.905. The van der Waals surface area contributed by atoms with Crippen LogP contribution in [0.3, 0.4) is 0 Å². The van der Waals surface area contributed by atoms with Crippen LogP contribution in [-0.4, -0.2) is 38.7 Å². The number of piperidine rings is 1. The molecule has 0 unspecified atom stereocenters. The molecule has 1 aromatic carbocycles. The van der Waals surface area contributed by atoms with Gasteiger partial charge >= 0.3 is 0 Å². The van der Waals surface area contributed by atoms with Crippen LogP contribution in [0.4, 0.5) is 0 Å². The van der Waals surface area contributed by atoms with Crippen molar-refractivity contribution in [2.75, 3.05) is 26.7 Å². The molecule has 1 aliphatic heterocycles. The summed E-state index contributed by atoms with van der Waals surface area (Å²) in [6.45, 7) is 5.81. The number of carbonyl (C=O) groups is 1. The number of hydrogen-bond donors (Lipinski definition) is 2. The summed E-state index contributed by atoms with van der Waals surface area (Å²) in [6.07, 6.45) is 3.40. The molecule has 0 bridgehead atoms. The van der Waals surface area contributed by atoms with Crippen molar-refractivity contribution < 1.29 is 14.4 Å². The Hall–Kier alpha value is -1.55. The largest absolute Gasteiger partial charge is 0.497 e. The normalized spacial score (nSPS) is 22.3. The Labute approximate surface area is 121 Å². The van der Waals surface area contributed by atoms with Crippen LogP contribution in [0.15, 0.2) is 24.3 Å². The van der Waals surface area contributed by atoms with Crippen molar-refractivity contribution in [3.8, 4) is 5.75 Å². The summed E-state index contributed by atoms with van der Waals surface area (Å²) in [5, 5.41) is 3.14. The van der Waals surface area contributed by atoms with Crippen molar-refractivity contribution in [1.82, 2.24) is 5.32 Å². The number of amides is 1. The molecule has 1 amide bonds. The average molecular weight is 277 g/mol. The number of nitrogens with one attached hydrogen (secondary N) is 2. The molecule has 1 fully saturated rings. The lowest BCUT2D eigenvalue weighted by Crippen LogP contribution is -3.13. The molecule has 0 saturated carbocycles. The Balaban J connectivity index is 1.82. The molecule has 1 aliphatic rings. The number of carbonyl (C=O) groups excluding carboxylic acids is 1. The van der Waals surface area contributed by atoms with Crippen molar-refractivity contribution in [3.63, 3.8) is 0 Å². The van der Waals surface area contributed by atoms with Crippen molar-refractivity contribution in [2.45, 2.75) is 32.2 Å². The number of hydrogen-bond acceptors (Lipinski definition) is 2. The fraction of sp³-hybridized carbons (Fsp3) is 0.562. The quantitative estimate of drug-likeness (QED) is 0.839. The number of quaternary nitrogens is 1. The maximum atomic E-state index is 12.2. The highest BCUT2D eigenvalue weighted by Crippen LogP contribution is 2.11. The van der Waals surface area contributed by atoms with Crippen LogP contribution in [0.5, 0.6) is 5.75 Å². The highest BCUT2D eigenvalue weighted by molar-refractivity contribution is 5.94. The van der Waals surface area contributed by atoms with E-state index in [2.05, 4.69) is 12.2 Å². The van der Waals surface area contributed by atoms with Gasteiger partial charge in [0.15, 0.2) is 0 Å². The van der Waals surface area contributed by atoms with E-state index in [4.69, 9.17) is 4.74 Å². The highest BCUT2D eigenvalue weighted by atomic mass is 16.5. The summed E-state index contributed by atoms with van der Waals surface area (Å²) < 4.78 is 5.10. The summed E-state index contributed by atoms with van der Waals surface area (Å²) in [7, 11) is 1.63. The number of rotatable bonds is 5. The Morgan fingerprint density at radius 1 is 1.30 bits per heavy atom. The van der Waals surface area contributed by atoms with Gasteiger partial charge in [0, 0.05) is 24.4 Å². The van der Waals surface area contributed by atoms with E-state index in [0.29, 0.717) is 11.6 Å². The molecule has 1 aromatic rings. The third-order valence-corrected chi connectivity index (χ3v) is 3.98. The Morgan fingerprint density at radius 2 is 1.95 bits per heavy atom. The van der Waals surface area contributed by atoms with Crippen LogP contribution >= 0.6 is 0 Å². The van der Waals surface area contributed by atoms with Gasteiger partial charge in [-0.1, -0.05) is 6.92 Å². The second-order valence-corrected chi connectivity index (χ2v) is 5.48. The lowest BCUT2D eigenvalue weighted by atomic mass is 10.0. The zero-order chi connectivity index (χ0) is 14.4. The molecule has 0 aliphatic carbocycles. The maximum Gasteiger partial charge on any atom is 0.251 e. The van der Waals surface area contributed by atoms with E-state index in [1.165, 1.54) is 26.1 Å². The molecule has 0 radical (unpaired) electrons. The average Bonchev–Trinajstić information content (AvgIpc) is 2.49. The Morgan fingerprint density at radius 3 is 2.50 bits per heavy atom. The minimum atomic E-state index is 0.0246. The van der Waals surface area contributed by atoms with E-state index in [0.717, 1.165) is 18.6 Å². The first-order valence-corrected chi connectivity index (χ1v) is 7.51. The number of methoxy groups -OCH3 is 1. The van der Waals surface area contributed by atoms with Crippen molar-refractivity contribution >= 4 is 5.91 Å². The Bertz CT molecular complexity index is 423. The molecule has 1 heterocycles. The van der Waals surface area contributed by atoms with Gasteiger partial charge < -0.3 is 15.0 Å². The van der Waals surface area contributed by atoms with Crippen molar-refractivity contribution in [1.29, 1.82) is 0 Å². The van der Waals surface area contributed by atoms with E-state index < -0.39 is 0 Å². The van der Waals surface area contributed by atoms with Crippen LogP contribution < -0.4 is 15.0 Å². The minimum Gasteiger partial charge on any atom is -0.497 e. The molecule has 0 spiro atoms. The fourth-order valence-electron chi connectivity index (χ4n) is 2.79. The van der Waals surface area contributed by atoms with Crippen molar-refractivity contribution in [2.24, 2.45) is 0 Å². The summed E-state index contributed by atoms with van der Waals surface area (Å²) in [5.74, 6) is 0.801. The predicted octanol–water partition coefficient (Wildman–Crippen LogP) is 0.882. The Kier molecular flexibility index (Phi) is 5.41. The zero-order valence-corrected chi connectivity index (χ0v) is 12.4. The molecular formula is C16H25N2O2+. The molecule has 4 nitrogen and oxygen atoms in total. The fourth-order valence-corrected chi connectivity index (χ4v) is 2.79. The molecule has 0 atom stereocenters. The second kappa shape index (κ2) is 7.29. The van der Waals surface area contributed by atoms with E-state index in [1.807, 2.05) is 24.3 Å². The van der Waals surface area contributed by atoms with Gasteiger partial charge in [0.25, 0.3) is 5.91 Å². The molecule has 0 aromatic heterocycles. The summed E-state index contributed by atoms with van der Waals surface area (Å²) in [5.41, 5.74) is 0.703. The topological polar surface area (TPSA) is 42.8 Å².